The number of pyridine rings is 1. The van der Waals surface area contributed by atoms with E-state index in [1.807, 2.05) is 6.26 Å². The van der Waals surface area contributed by atoms with Gasteiger partial charge in [0.15, 0.2) is 0 Å². The minimum atomic E-state index is -0.326. The lowest BCUT2D eigenvalue weighted by Gasteiger charge is -1.99. The highest BCUT2D eigenvalue weighted by Crippen LogP contribution is 2.12. The molecule has 1 heterocycles. The van der Waals surface area contributed by atoms with Crippen LogP contribution in [0.5, 0.6) is 0 Å². The van der Waals surface area contributed by atoms with Crippen LogP contribution in [0.25, 0.3) is 0 Å². The monoisotopic (exact) mass is 183 g/mol. The van der Waals surface area contributed by atoms with Crippen LogP contribution in [-0.4, -0.2) is 24.3 Å². The van der Waals surface area contributed by atoms with E-state index in [9.17, 15) is 4.79 Å². The molecule has 0 saturated heterocycles. The summed E-state index contributed by atoms with van der Waals surface area (Å²) in [6, 6.07) is 3.34. The summed E-state index contributed by atoms with van der Waals surface area (Å²) in [7, 11) is 1.36. The number of esters is 1. The Morgan fingerprint density at radius 1 is 1.67 bits per heavy atom. The zero-order valence-electron chi connectivity index (χ0n) is 6.90. The molecule has 0 saturated carbocycles. The van der Waals surface area contributed by atoms with Gasteiger partial charge >= 0.3 is 5.97 Å². The summed E-state index contributed by atoms with van der Waals surface area (Å²) in [6.45, 7) is 0. The van der Waals surface area contributed by atoms with Gasteiger partial charge in [0.2, 0.25) is 0 Å². The van der Waals surface area contributed by atoms with Crippen LogP contribution < -0.4 is 0 Å². The van der Waals surface area contributed by atoms with Crippen molar-refractivity contribution in [1.29, 1.82) is 0 Å². The van der Waals surface area contributed by atoms with Crippen molar-refractivity contribution in [3.8, 4) is 0 Å². The average molecular weight is 183 g/mol. The molecule has 4 heteroatoms. The summed E-state index contributed by atoms with van der Waals surface area (Å²) in [6.07, 6.45) is 3.50. The number of carbonyl (C=O) groups is 1. The summed E-state index contributed by atoms with van der Waals surface area (Å²) in [5.41, 5.74) is 0.539. The molecule has 12 heavy (non-hydrogen) atoms. The van der Waals surface area contributed by atoms with Gasteiger partial charge < -0.3 is 4.74 Å². The van der Waals surface area contributed by atoms with E-state index < -0.39 is 0 Å². The highest BCUT2D eigenvalue weighted by atomic mass is 32.2. The number of hydrogen-bond donors (Lipinski definition) is 0. The number of rotatable bonds is 2. The van der Waals surface area contributed by atoms with Crippen molar-refractivity contribution in [2.24, 2.45) is 0 Å². The molecular weight excluding hydrogens is 174 g/mol. The first-order chi connectivity index (χ1) is 5.77. The largest absolute Gasteiger partial charge is 0.465 e. The normalized spacial score (nSPS) is 9.50. The van der Waals surface area contributed by atoms with Gasteiger partial charge in [-0.2, -0.15) is 0 Å². The Hall–Kier alpha value is -1.03. The molecule has 0 spiro atoms. The van der Waals surface area contributed by atoms with Gasteiger partial charge in [0.25, 0.3) is 0 Å². The summed E-state index contributed by atoms with van der Waals surface area (Å²) in [4.78, 5) is 15.1. The van der Waals surface area contributed by atoms with Gasteiger partial charge in [0.05, 0.1) is 17.7 Å². The zero-order chi connectivity index (χ0) is 8.97. The van der Waals surface area contributed by atoms with E-state index in [1.54, 1.807) is 18.3 Å². The molecule has 0 fully saturated rings. The van der Waals surface area contributed by atoms with E-state index in [0.29, 0.717) is 5.56 Å². The summed E-state index contributed by atoms with van der Waals surface area (Å²) in [5, 5.41) is 0.818. The average Bonchev–Trinajstić information content (AvgIpc) is 2.17. The number of aromatic nitrogens is 1. The fourth-order valence-corrected chi connectivity index (χ4v) is 1.18. The van der Waals surface area contributed by atoms with Gasteiger partial charge in [-0.05, 0) is 18.4 Å². The van der Waals surface area contributed by atoms with E-state index >= 15 is 0 Å². The first-order valence-electron chi connectivity index (χ1n) is 3.36. The second-order valence-corrected chi connectivity index (χ2v) is 2.90. The smallest absolute Gasteiger partial charge is 0.337 e. The van der Waals surface area contributed by atoms with E-state index in [0.717, 1.165) is 5.03 Å². The molecule has 1 rings (SSSR count). The molecule has 1 aromatic heterocycles. The lowest BCUT2D eigenvalue weighted by Crippen LogP contribution is -2.01. The predicted octanol–water partition coefficient (Wildman–Crippen LogP) is 1.59. The van der Waals surface area contributed by atoms with Crippen LogP contribution in [0.2, 0.25) is 0 Å². The molecule has 0 atom stereocenters. The second kappa shape index (κ2) is 4.11. The molecule has 1 aromatic rings. The van der Waals surface area contributed by atoms with Crippen molar-refractivity contribution in [3.63, 3.8) is 0 Å². The molecule has 3 nitrogen and oxygen atoms in total. The van der Waals surface area contributed by atoms with Crippen molar-refractivity contribution in [1.82, 2.24) is 4.98 Å². The Balaban J connectivity index is 2.93. The highest BCUT2D eigenvalue weighted by molar-refractivity contribution is 7.98. The van der Waals surface area contributed by atoms with Gasteiger partial charge in [0, 0.05) is 6.20 Å². The number of ether oxygens (including phenoxy) is 1. The highest BCUT2D eigenvalue weighted by Gasteiger charge is 2.04. The lowest BCUT2D eigenvalue weighted by molar-refractivity contribution is 0.0600. The fraction of sp³-hybridized carbons (Fsp3) is 0.250. The van der Waals surface area contributed by atoms with Gasteiger partial charge in [-0.15, -0.1) is 11.8 Å². The molecule has 0 N–H and O–H groups in total. The number of nitrogens with zero attached hydrogens (tertiary/aromatic N) is 1. The maximum absolute atomic E-state index is 11.0. The van der Waals surface area contributed by atoms with Gasteiger partial charge in [-0.3, -0.25) is 0 Å². The number of carbonyl (C=O) groups excluding carboxylic acids is 1. The summed E-state index contributed by atoms with van der Waals surface area (Å²) in [5.74, 6) is -0.326. The van der Waals surface area contributed by atoms with Crippen molar-refractivity contribution in [3.05, 3.63) is 23.9 Å². The molecule has 0 aliphatic heterocycles. The Labute approximate surface area is 75.1 Å². The first-order valence-corrected chi connectivity index (χ1v) is 4.58. The van der Waals surface area contributed by atoms with E-state index in [2.05, 4.69) is 9.72 Å². The second-order valence-electron chi connectivity index (χ2n) is 2.08. The quantitative estimate of drug-likeness (QED) is 0.515. The van der Waals surface area contributed by atoms with Crippen molar-refractivity contribution in [2.75, 3.05) is 13.4 Å². The minimum absolute atomic E-state index is 0.326. The van der Waals surface area contributed by atoms with E-state index in [4.69, 9.17) is 0 Å². The number of methoxy groups -OCH3 is 1. The number of thioether (sulfide) groups is 1. The van der Waals surface area contributed by atoms with Crippen molar-refractivity contribution >= 4 is 17.7 Å². The fourth-order valence-electron chi connectivity index (χ4n) is 0.766. The molecule has 0 amide bonds. The molecule has 0 radical (unpaired) electrons. The standard InChI is InChI=1S/C8H9NO2S/c1-11-8(10)6-3-4-9-7(5-6)12-2/h3-5H,1-2H3. The Morgan fingerprint density at radius 3 is 3.00 bits per heavy atom. The first kappa shape index (κ1) is 9.06. The third-order valence-corrected chi connectivity index (χ3v) is 2.01. The molecule has 0 bridgehead atoms. The topological polar surface area (TPSA) is 39.2 Å². The van der Waals surface area contributed by atoms with Gasteiger partial charge in [-0.1, -0.05) is 0 Å². The molecular formula is C8H9NO2S. The van der Waals surface area contributed by atoms with Crippen LogP contribution in [0.15, 0.2) is 23.4 Å². The van der Waals surface area contributed by atoms with E-state index in [-0.39, 0.29) is 5.97 Å². The molecule has 64 valence electrons. The Kier molecular flexibility index (Phi) is 3.10. The summed E-state index contributed by atoms with van der Waals surface area (Å²) < 4.78 is 4.56. The maximum Gasteiger partial charge on any atom is 0.337 e. The zero-order valence-corrected chi connectivity index (χ0v) is 7.72. The number of hydrogen-bond acceptors (Lipinski definition) is 4. The van der Waals surface area contributed by atoms with Crippen LogP contribution in [0.1, 0.15) is 10.4 Å². The molecule has 0 aromatic carbocycles. The molecule has 0 aliphatic rings. The summed E-state index contributed by atoms with van der Waals surface area (Å²) >= 11 is 1.49. The van der Waals surface area contributed by atoms with Crippen LogP contribution in [0, 0.1) is 0 Å². The molecule has 0 unspecified atom stereocenters. The SMILES string of the molecule is COC(=O)c1ccnc(SC)c1. The third-order valence-electron chi connectivity index (χ3n) is 1.37. The minimum Gasteiger partial charge on any atom is -0.465 e. The predicted molar refractivity (Wildman–Crippen MR) is 47.4 cm³/mol. The van der Waals surface area contributed by atoms with Gasteiger partial charge in [0.1, 0.15) is 0 Å². The van der Waals surface area contributed by atoms with Gasteiger partial charge in [-0.25, -0.2) is 9.78 Å². The molecule has 0 aliphatic carbocycles. The lowest BCUT2D eigenvalue weighted by atomic mass is 10.3. The van der Waals surface area contributed by atoms with Crippen LogP contribution >= 0.6 is 11.8 Å². The van der Waals surface area contributed by atoms with Crippen LogP contribution in [0.4, 0.5) is 0 Å². The maximum atomic E-state index is 11.0. The van der Waals surface area contributed by atoms with Crippen LogP contribution in [0.3, 0.4) is 0 Å². The Bertz CT molecular complexity index is 288. The van der Waals surface area contributed by atoms with Crippen molar-refractivity contribution < 1.29 is 9.53 Å². The Morgan fingerprint density at radius 2 is 2.42 bits per heavy atom. The third kappa shape index (κ3) is 1.98. The van der Waals surface area contributed by atoms with Crippen LogP contribution in [-0.2, 0) is 4.74 Å². The van der Waals surface area contributed by atoms with E-state index in [1.165, 1.54) is 18.9 Å². The van der Waals surface area contributed by atoms with Crippen molar-refractivity contribution in [2.45, 2.75) is 5.03 Å².